The number of ether oxygens (including phenoxy) is 2. The van der Waals surface area contributed by atoms with Crippen LogP contribution in [0.1, 0.15) is 19.4 Å². The Morgan fingerprint density at radius 1 is 1.00 bits per heavy atom. The summed E-state index contributed by atoms with van der Waals surface area (Å²) >= 11 is 0. The van der Waals surface area contributed by atoms with Gasteiger partial charge in [0.1, 0.15) is 0 Å². The second-order valence-electron chi connectivity index (χ2n) is 4.54. The Labute approximate surface area is 98.6 Å². The summed E-state index contributed by atoms with van der Waals surface area (Å²) in [6, 6.07) is 10.5. The maximum atomic E-state index is 5.40. The molecule has 1 rings (SSSR count). The van der Waals surface area contributed by atoms with Gasteiger partial charge in [-0.25, -0.2) is 0 Å². The van der Waals surface area contributed by atoms with Crippen molar-refractivity contribution >= 4 is 0 Å². The lowest BCUT2D eigenvalue weighted by molar-refractivity contribution is 0.0335. The molecule has 0 heterocycles. The highest BCUT2D eigenvalue weighted by Gasteiger charge is 2.35. The lowest BCUT2D eigenvalue weighted by Crippen LogP contribution is -2.41. The predicted octanol–water partition coefficient (Wildman–Crippen LogP) is 2.87. The summed E-state index contributed by atoms with van der Waals surface area (Å²) in [6.07, 6.45) is 0. The first kappa shape index (κ1) is 13.2. The van der Waals surface area contributed by atoms with Gasteiger partial charge in [0, 0.05) is 19.6 Å². The molecule has 0 radical (unpaired) electrons. The summed E-state index contributed by atoms with van der Waals surface area (Å²) in [7, 11) is 3.49. The molecule has 0 saturated carbocycles. The molecule has 0 aliphatic rings. The molecule has 0 bridgehead atoms. The van der Waals surface area contributed by atoms with Crippen molar-refractivity contribution in [3.05, 3.63) is 35.9 Å². The van der Waals surface area contributed by atoms with Crippen LogP contribution in [0.2, 0.25) is 0 Å². The van der Waals surface area contributed by atoms with Crippen molar-refractivity contribution in [2.75, 3.05) is 27.4 Å². The van der Waals surface area contributed by atoms with Crippen molar-refractivity contribution < 1.29 is 9.47 Å². The van der Waals surface area contributed by atoms with Crippen LogP contribution in [0.4, 0.5) is 0 Å². The smallest absolute Gasteiger partial charge is 0.0583 e. The first-order valence-corrected chi connectivity index (χ1v) is 5.71. The summed E-state index contributed by atoms with van der Waals surface area (Å²) < 4.78 is 10.8. The van der Waals surface area contributed by atoms with Crippen LogP contribution in [-0.4, -0.2) is 27.4 Å². The highest BCUT2D eigenvalue weighted by Crippen LogP contribution is 2.33. The van der Waals surface area contributed by atoms with Crippen molar-refractivity contribution in [2.24, 2.45) is 5.92 Å². The van der Waals surface area contributed by atoms with Gasteiger partial charge in [0.15, 0.2) is 0 Å². The predicted molar refractivity (Wildman–Crippen MR) is 66.7 cm³/mol. The molecule has 90 valence electrons. The standard InChI is InChI=1S/C14H22O2/c1-12(2)14(10-15-3,11-16-4)13-8-6-5-7-9-13/h5-9,12H,10-11H2,1-4H3. The zero-order valence-corrected chi connectivity index (χ0v) is 10.7. The van der Waals surface area contributed by atoms with Gasteiger partial charge >= 0.3 is 0 Å². The Bertz CT molecular complexity index is 287. The molecular formula is C14H22O2. The lowest BCUT2D eigenvalue weighted by Gasteiger charge is -2.37. The van der Waals surface area contributed by atoms with E-state index in [0.29, 0.717) is 19.1 Å². The highest BCUT2D eigenvalue weighted by atomic mass is 16.5. The SMILES string of the molecule is COCC(COC)(c1ccccc1)C(C)C. The van der Waals surface area contributed by atoms with E-state index in [-0.39, 0.29) is 5.41 Å². The van der Waals surface area contributed by atoms with Crippen LogP contribution >= 0.6 is 0 Å². The zero-order valence-electron chi connectivity index (χ0n) is 10.7. The first-order valence-electron chi connectivity index (χ1n) is 5.71. The van der Waals surface area contributed by atoms with E-state index in [1.54, 1.807) is 14.2 Å². The molecule has 16 heavy (non-hydrogen) atoms. The summed E-state index contributed by atoms with van der Waals surface area (Å²) in [5.74, 6) is 0.467. The average Bonchev–Trinajstić information content (AvgIpc) is 2.29. The van der Waals surface area contributed by atoms with Gasteiger partial charge in [0.2, 0.25) is 0 Å². The largest absolute Gasteiger partial charge is 0.384 e. The van der Waals surface area contributed by atoms with Gasteiger partial charge in [-0.1, -0.05) is 44.2 Å². The van der Waals surface area contributed by atoms with Crippen LogP contribution in [0.15, 0.2) is 30.3 Å². The minimum atomic E-state index is -0.0508. The minimum absolute atomic E-state index is 0.0508. The van der Waals surface area contributed by atoms with Crippen molar-refractivity contribution in [2.45, 2.75) is 19.3 Å². The molecule has 0 atom stereocenters. The second-order valence-corrected chi connectivity index (χ2v) is 4.54. The van der Waals surface area contributed by atoms with E-state index < -0.39 is 0 Å². The fourth-order valence-corrected chi connectivity index (χ4v) is 2.16. The van der Waals surface area contributed by atoms with Gasteiger partial charge in [-0.05, 0) is 11.5 Å². The van der Waals surface area contributed by atoms with Gasteiger partial charge in [-0.2, -0.15) is 0 Å². The Morgan fingerprint density at radius 2 is 1.50 bits per heavy atom. The zero-order chi connectivity index (χ0) is 12.0. The third-order valence-corrected chi connectivity index (χ3v) is 3.26. The van der Waals surface area contributed by atoms with E-state index in [4.69, 9.17) is 9.47 Å². The van der Waals surface area contributed by atoms with E-state index in [2.05, 4.69) is 38.1 Å². The molecule has 0 fully saturated rings. The highest BCUT2D eigenvalue weighted by molar-refractivity contribution is 5.26. The average molecular weight is 222 g/mol. The number of rotatable bonds is 6. The summed E-state index contributed by atoms with van der Waals surface area (Å²) in [6.45, 7) is 5.79. The van der Waals surface area contributed by atoms with Crippen LogP contribution in [-0.2, 0) is 14.9 Å². The van der Waals surface area contributed by atoms with E-state index in [1.807, 2.05) is 6.07 Å². The molecule has 0 amide bonds. The Kier molecular flexibility index (Phi) is 4.97. The number of benzene rings is 1. The van der Waals surface area contributed by atoms with Gasteiger partial charge in [-0.15, -0.1) is 0 Å². The number of hydrogen-bond donors (Lipinski definition) is 0. The van der Waals surface area contributed by atoms with E-state index in [0.717, 1.165) is 0 Å². The molecule has 0 spiro atoms. The maximum absolute atomic E-state index is 5.40. The topological polar surface area (TPSA) is 18.5 Å². The van der Waals surface area contributed by atoms with Crippen LogP contribution in [0.25, 0.3) is 0 Å². The van der Waals surface area contributed by atoms with E-state index in [9.17, 15) is 0 Å². The molecule has 0 aliphatic heterocycles. The Balaban J connectivity index is 3.10. The van der Waals surface area contributed by atoms with Crippen LogP contribution in [0.5, 0.6) is 0 Å². The molecule has 2 heteroatoms. The van der Waals surface area contributed by atoms with Gasteiger partial charge < -0.3 is 9.47 Å². The molecule has 0 aromatic heterocycles. The molecule has 0 unspecified atom stereocenters. The van der Waals surface area contributed by atoms with Crippen molar-refractivity contribution in [1.29, 1.82) is 0 Å². The first-order chi connectivity index (χ1) is 7.67. The lowest BCUT2D eigenvalue weighted by atomic mass is 9.73. The number of methoxy groups -OCH3 is 2. The molecule has 2 nitrogen and oxygen atoms in total. The van der Waals surface area contributed by atoms with Crippen molar-refractivity contribution in [1.82, 2.24) is 0 Å². The summed E-state index contributed by atoms with van der Waals surface area (Å²) in [5.41, 5.74) is 1.24. The quantitative estimate of drug-likeness (QED) is 0.737. The van der Waals surface area contributed by atoms with Crippen LogP contribution < -0.4 is 0 Å². The van der Waals surface area contributed by atoms with Crippen molar-refractivity contribution in [3.8, 4) is 0 Å². The molecule has 0 saturated heterocycles. The van der Waals surface area contributed by atoms with Crippen LogP contribution in [0, 0.1) is 5.92 Å². The normalized spacial score (nSPS) is 12.1. The van der Waals surface area contributed by atoms with Gasteiger partial charge in [0.05, 0.1) is 13.2 Å². The fourth-order valence-electron chi connectivity index (χ4n) is 2.16. The fraction of sp³-hybridized carbons (Fsp3) is 0.571. The summed E-state index contributed by atoms with van der Waals surface area (Å²) in [4.78, 5) is 0. The Hall–Kier alpha value is -0.860. The van der Waals surface area contributed by atoms with E-state index >= 15 is 0 Å². The summed E-state index contributed by atoms with van der Waals surface area (Å²) in [5, 5.41) is 0. The molecule has 1 aromatic carbocycles. The molecule has 1 aromatic rings. The van der Waals surface area contributed by atoms with Crippen LogP contribution in [0.3, 0.4) is 0 Å². The van der Waals surface area contributed by atoms with Gasteiger partial charge in [0.25, 0.3) is 0 Å². The van der Waals surface area contributed by atoms with Crippen molar-refractivity contribution in [3.63, 3.8) is 0 Å². The number of hydrogen-bond acceptors (Lipinski definition) is 2. The third-order valence-electron chi connectivity index (χ3n) is 3.26. The third kappa shape index (κ3) is 2.63. The minimum Gasteiger partial charge on any atom is -0.384 e. The molecular weight excluding hydrogens is 200 g/mol. The second kappa shape index (κ2) is 6.02. The van der Waals surface area contributed by atoms with E-state index in [1.165, 1.54) is 5.56 Å². The molecule has 0 aliphatic carbocycles. The maximum Gasteiger partial charge on any atom is 0.0583 e. The monoisotopic (exact) mass is 222 g/mol. The molecule has 0 N–H and O–H groups in total. The Morgan fingerprint density at radius 3 is 1.88 bits per heavy atom. The van der Waals surface area contributed by atoms with Gasteiger partial charge in [-0.3, -0.25) is 0 Å².